The number of rotatable bonds is 2. The topological polar surface area (TPSA) is 98.1 Å². The summed E-state index contributed by atoms with van der Waals surface area (Å²) in [5.74, 6) is -0.0944. The normalized spacial score (nSPS) is 20.3. The Kier molecular flexibility index (Phi) is 4.06. The van der Waals surface area contributed by atoms with Gasteiger partial charge < -0.3 is 10.2 Å². The number of fused-ring (bicyclic) bond motifs is 1. The summed E-state index contributed by atoms with van der Waals surface area (Å²) in [6.45, 7) is 4.10. The Hall–Kier alpha value is -3.09. The number of hydrogen-bond donors (Lipinski definition) is 3. The van der Waals surface area contributed by atoms with Gasteiger partial charge in [0.2, 0.25) is 0 Å². The fourth-order valence-electron chi connectivity index (χ4n) is 4.24. The molecule has 2 aliphatic rings. The van der Waals surface area contributed by atoms with Crippen molar-refractivity contribution in [1.82, 2.24) is 9.97 Å². The van der Waals surface area contributed by atoms with Crippen molar-refractivity contribution in [3.63, 3.8) is 0 Å². The number of carbonyl (C=O) groups is 1. The van der Waals surface area contributed by atoms with Gasteiger partial charge >= 0.3 is 5.69 Å². The molecule has 0 amide bonds. The molecule has 1 aromatic heterocycles. The second kappa shape index (κ2) is 6.22. The third-order valence-electron chi connectivity index (χ3n) is 5.50. The van der Waals surface area contributed by atoms with Crippen LogP contribution in [0.2, 0.25) is 0 Å². The van der Waals surface area contributed by atoms with Crippen molar-refractivity contribution in [3.05, 3.63) is 67.5 Å². The predicted octanol–water partition coefficient (Wildman–Crippen LogP) is 2.33. The highest BCUT2D eigenvalue weighted by molar-refractivity contribution is 6.01. The lowest BCUT2D eigenvalue weighted by Crippen LogP contribution is -2.38. The van der Waals surface area contributed by atoms with Crippen molar-refractivity contribution in [2.24, 2.45) is 5.41 Å². The van der Waals surface area contributed by atoms with Crippen LogP contribution in [0.4, 0.5) is 11.5 Å². The van der Waals surface area contributed by atoms with E-state index >= 15 is 0 Å². The van der Waals surface area contributed by atoms with E-state index in [4.69, 9.17) is 0 Å². The maximum absolute atomic E-state index is 13.1. The summed E-state index contributed by atoms with van der Waals surface area (Å²) in [5.41, 5.74) is 2.45. The number of ketones is 1. The lowest BCUT2D eigenvalue weighted by Gasteiger charge is -2.38. The Morgan fingerprint density at radius 3 is 2.32 bits per heavy atom. The zero-order valence-electron chi connectivity index (χ0n) is 16.5. The monoisotopic (exact) mass is 380 g/mol. The van der Waals surface area contributed by atoms with Gasteiger partial charge in [0.15, 0.2) is 5.78 Å². The molecule has 7 nitrogen and oxygen atoms in total. The van der Waals surface area contributed by atoms with Crippen molar-refractivity contribution in [2.75, 3.05) is 24.3 Å². The molecule has 0 spiro atoms. The van der Waals surface area contributed by atoms with Crippen LogP contribution in [0, 0.1) is 5.41 Å². The number of carbonyl (C=O) groups excluding carboxylic acids is 1. The first-order valence-corrected chi connectivity index (χ1v) is 9.33. The molecule has 0 bridgehead atoms. The molecular formula is C21H24N4O3. The highest BCUT2D eigenvalue weighted by atomic mass is 16.2. The predicted molar refractivity (Wildman–Crippen MR) is 109 cm³/mol. The quantitative estimate of drug-likeness (QED) is 0.743. The van der Waals surface area contributed by atoms with Crippen LogP contribution in [0.1, 0.15) is 43.7 Å². The first-order valence-electron chi connectivity index (χ1n) is 9.33. The Morgan fingerprint density at radius 2 is 1.68 bits per heavy atom. The largest absolute Gasteiger partial charge is 0.378 e. The number of nitrogens with one attached hydrogen (secondary N) is 3. The van der Waals surface area contributed by atoms with E-state index in [1.54, 1.807) is 0 Å². The van der Waals surface area contributed by atoms with Crippen molar-refractivity contribution >= 4 is 17.3 Å². The average molecular weight is 380 g/mol. The third kappa shape index (κ3) is 2.96. The number of nitrogens with zero attached hydrogens (tertiary/aromatic N) is 1. The molecule has 146 valence electrons. The molecule has 2 heterocycles. The van der Waals surface area contributed by atoms with Gasteiger partial charge in [-0.1, -0.05) is 26.0 Å². The zero-order valence-corrected chi connectivity index (χ0v) is 16.5. The third-order valence-corrected chi connectivity index (χ3v) is 5.50. The second-order valence-corrected chi connectivity index (χ2v) is 8.57. The number of allylic oxidation sites excluding steroid dienone is 2. The highest BCUT2D eigenvalue weighted by Crippen LogP contribution is 2.47. The van der Waals surface area contributed by atoms with E-state index in [1.165, 1.54) is 0 Å². The van der Waals surface area contributed by atoms with E-state index < -0.39 is 17.2 Å². The summed E-state index contributed by atoms with van der Waals surface area (Å²) in [7, 11) is 3.91. The summed E-state index contributed by atoms with van der Waals surface area (Å²) in [6, 6.07) is 7.82. The van der Waals surface area contributed by atoms with Crippen LogP contribution in [-0.2, 0) is 4.79 Å². The molecule has 1 atom stereocenters. The minimum atomic E-state index is -0.566. The minimum absolute atomic E-state index is 0.0386. The molecule has 7 heteroatoms. The van der Waals surface area contributed by atoms with Crippen molar-refractivity contribution in [1.29, 1.82) is 0 Å². The molecule has 3 N–H and O–H groups in total. The summed E-state index contributed by atoms with van der Waals surface area (Å²) >= 11 is 0. The molecule has 2 aromatic rings. The smallest absolute Gasteiger partial charge is 0.327 e. The maximum Gasteiger partial charge on any atom is 0.327 e. The number of H-pyrrole nitrogens is 2. The van der Waals surface area contributed by atoms with E-state index in [9.17, 15) is 14.4 Å². The number of benzene rings is 1. The van der Waals surface area contributed by atoms with Gasteiger partial charge in [-0.25, -0.2) is 4.79 Å². The summed E-state index contributed by atoms with van der Waals surface area (Å²) in [5, 5.41) is 3.17. The van der Waals surface area contributed by atoms with Crippen LogP contribution in [0.25, 0.3) is 0 Å². The maximum atomic E-state index is 13.1. The number of Topliss-reactive ketones (excluding diaryl/α,β-unsaturated/α-hetero) is 1. The SMILES string of the molecule is CN(C)c1ccc([C@H]2C3=C(CC(C)(C)CC3=O)Nc3[nH]c(=O)[nH]c(=O)c32)cc1. The molecule has 0 saturated carbocycles. The van der Waals surface area contributed by atoms with Crippen LogP contribution in [0.5, 0.6) is 0 Å². The summed E-state index contributed by atoms with van der Waals surface area (Å²) in [6.07, 6.45) is 1.10. The second-order valence-electron chi connectivity index (χ2n) is 8.57. The highest BCUT2D eigenvalue weighted by Gasteiger charge is 2.42. The van der Waals surface area contributed by atoms with Gasteiger partial charge in [0.25, 0.3) is 5.56 Å². The molecule has 1 aromatic carbocycles. The lowest BCUT2D eigenvalue weighted by molar-refractivity contribution is -0.118. The van der Waals surface area contributed by atoms with Crippen LogP contribution in [0.3, 0.4) is 0 Å². The minimum Gasteiger partial charge on any atom is -0.378 e. The van der Waals surface area contributed by atoms with Gasteiger partial charge in [-0.3, -0.25) is 19.6 Å². The van der Waals surface area contributed by atoms with E-state index in [2.05, 4.69) is 15.3 Å². The zero-order chi connectivity index (χ0) is 20.2. The molecule has 0 fully saturated rings. The van der Waals surface area contributed by atoms with Crippen LogP contribution in [0.15, 0.2) is 45.1 Å². The average Bonchev–Trinajstić information content (AvgIpc) is 2.58. The van der Waals surface area contributed by atoms with E-state index in [0.717, 1.165) is 16.9 Å². The van der Waals surface area contributed by atoms with Gasteiger partial charge in [-0.2, -0.15) is 0 Å². The number of aromatic nitrogens is 2. The van der Waals surface area contributed by atoms with E-state index in [1.807, 2.05) is 57.1 Å². The molecule has 4 rings (SSSR count). The van der Waals surface area contributed by atoms with Crippen molar-refractivity contribution in [2.45, 2.75) is 32.6 Å². The fraction of sp³-hybridized carbons (Fsp3) is 0.381. The Labute approximate surface area is 162 Å². The first kappa shape index (κ1) is 18.3. The number of hydrogen-bond acceptors (Lipinski definition) is 5. The van der Waals surface area contributed by atoms with Gasteiger partial charge in [0, 0.05) is 43.4 Å². The molecular weight excluding hydrogens is 356 g/mol. The van der Waals surface area contributed by atoms with Crippen LogP contribution >= 0.6 is 0 Å². The lowest BCUT2D eigenvalue weighted by atomic mass is 9.69. The molecule has 0 saturated heterocycles. The Morgan fingerprint density at radius 1 is 1.00 bits per heavy atom. The summed E-state index contributed by atoms with van der Waals surface area (Å²) in [4.78, 5) is 44.6. The van der Waals surface area contributed by atoms with E-state index in [-0.39, 0.29) is 11.2 Å². The Bertz CT molecular complexity index is 1100. The van der Waals surface area contributed by atoms with Crippen molar-refractivity contribution < 1.29 is 4.79 Å². The molecule has 0 unspecified atom stereocenters. The first-order chi connectivity index (χ1) is 13.2. The standard InChI is InChI=1S/C21H24N4O3/c1-21(2)9-13-16(14(26)10-21)15(11-5-7-12(8-6-11)25(3)4)17-18(22-13)23-20(28)24-19(17)27/h5-8,15H,9-10H2,1-4H3,(H3,22,23,24,27,28)/t15-/m0/s1. The van der Waals surface area contributed by atoms with Crippen LogP contribution in [-0.4, -0.2) is 29.8 Å². The van der Waals surface area contributed by atoms with Gasteiger partial charge in [-0.05, 0) is 29.5 Å². The molecule has 1 aliphatic heterocycles. The van der Waals surface area contributed by atoms with Crippen LogP contribution < -0.4 is 21.5 Å². The van der Waals surface area contributed by atoms with Gasteiger partial charge in [0.05, 0.1) is 5.56 Å². The van der Waals surface area contributed by atoms with Gasteiger partial charge in [0.1, 0.15) is 5.82 Å². The number of aromatic amines is 2. The van der Waals surface area contributed by atoms with Gasteiger partial charge in [-0.15, -0.1) is 0 Å². The number of anilines is 2. The van der Waals surface area contributed by atoms with E-state index in [0.29, 0.717) is 29.8 Å². The molecule has 1 aliphatic carbocycles. The molecule has 28 heavy (non-hydrogen) atoms. The summed E-state index contributed by atoms with van der Waals surface area (Å²) < 4.78 is 0. The fourth-order valence-corrected chi connectivity index (χ4v) is 4.24. The van der Waals surface area contributed by atoms with Crippen molar-refractivity contribution in [3.8, 4) is 0 Å². The Balaban J connectivity index is 1.95. The molecule has 0 radical (unpaired) electrons.